The maximum Gasteiger partial charge on any atom is 0.226 e. The average Bonchev–Trinajstić information content (AvgIpc) is 3.17. The van der Waals surface area contributed by atoms with Crippen molar-refractivity contribution in [1.29, 1.82) is 0 Å². The van der Waals surface area contributed by atoms with E-state index in [1.165, 1.54) is 24.8 Å². The van der Waals surface area contributed by atoms with E-state index in [0.29, 0.717) is 24.4 Å². The van der Waals surface area contributed by atoms with Crippen LogP contribution in [0.2, 0.25) is 0 Å². The van der Waals surface area contributed by atoms with E-state index in [0.717, 1.165) is 51.4 Å². The molecule has 0 spiro atoms. The van der Waals surface area contributed by atoms with Crippen molar-refractivity contribution in [2.45, 2.75) is 57.2 Å². The van der Waals surface area contributed by atoms with Crippen molar-refractivity contribution in [2.24, 2.45) is 5.92 Å². The molecule has 27 heavy (non-hydrogen) atoms. The number of morpholine rings is 1. The van der Waals surface area contributed by atoms with E-state index in [4.69, 9.17) is 4.74 Å². The van der Waals surface area contributed by atoms with Crippen LogP contribution in [0.1, 0.15) is 44.1 Å². The van der Waals surface area contributed by atoms with Crippen LogP contribution in [0.4, 0.5) is 5.69 Å². The minimum atomic E-state index is 0. The highest BCUT2D eigenvalue weighted by Crippen LogP contribution is 2.30. The van der Waals surface area contributed by atoms with Crippen LogP contribution >= 0.6 is 12.4 Å². The van der Waals surface area contributed by atoms with Gasteiger partial charge in [-0.2, -0.15) is 0 Å². The van der Waals surface area contributed by atoms with Crippen LogP contribution in [-0.4, -0.2) is 44.3 Å². The summed E-state index contributed by atoms with van der Waals surface area (Å²) in [6.07, 6.45) is 6.66. The van der Waals surface area contributed by atoms with Gasteiger partial charge in [0.25, 0.3) is 0 Å². The normalized spacial score (nSPS) is 28.8. The number of nitrogens with zero attached hydrogens (tertiary/aromatic N) is 1. The van der Waals surface area contributed by atoms with E-state index in [-0.39, 0.29) is 18.3 Å². The van der Waals surface area contributed by atoms with E-state index in [1.54, 1.807) is 0 Å². The fourth-order valence-corrected chi connectivity index (χ4v) is 4.71. The second kappa shape index (κ2) is 9.87. The Morgan fingerprint density at radius 2 is 2.00 bits per heavy atom. The van der Waals surface area contributed by atoms with Gasteiger partial charge in [-0.3, -0.25) is 4.79 Å². The fourth-order valence-electron chi connectivity index (χ4n) is 4.71. The average molecular weight is 394 g/mol. The summed E-state index contributed by atoms with van der Waals surface area (Å²) in [7, 11) is 0. The SMILES string of the molecule is Cl.O=C1CCCCN1c1ccc(CNC2CCCC2C2COCCN2)cc1. The standard InChI is InChI=1S/C21H31N3O2.ClH/c25-21-6-1-2-12-24(21)17-9-7-16(8-10-17)14-23-19-5-3-4-18(19)20-15-26-13-11-22-20;/h7-10,18-20,22-23H,1-6,11-15H2;1H. The summed E-state index contributed by atoms with van der Waals surface area (Å²) in [4.78, 5) is 14.0. The highest BCUT2D eigenvalue weighted by molar-refractivity contribution is 5.93. The van der Waals surface area contributed by atoms with Crippen molar-refractivity contribution in [3.63, 3.8) is 0 Å². The first-order valence-electron chi connectivity index (χ1n) is 10.2. The molecule has 1 amide bonds. The molecule has 3 unspecified atom stereocenters. The van der Waals surface area contributed by atoms with Crippen LogP contribution < -0.4 is 15.5 Å². The highest BCUT2D eigenvalue weighted by Gasteiger charge is 2.34. The molecular formula is C21H32ClN3O2. The molecule has 5 nitrogen and oxygen atoms in total. The maximum atomic E-state index is 12.1. The number of anilines is 1. The van der Waals surface area contributed by atoms with Gasteiger partial charge in [-0.05, 0) is 49.3 Å². The smallest absolute Gasteiger partial charge is 0.226 e. The van der Waals surface area contributed by atoms with Crippen molar-refractivity contribution in [3.05, 3.63) is 29.8 Å². The van der Waals surface area contributed by atoms with Crippen molar-refractivity contribution < 1.29 is 9.53 Å². The van der Waals surface area contributed by atoms with E-state index in [1.807, 2.05) is 4.90 Å². The Kier molecular flexibility index (Phi) is 7.53. The van der Waals surface area contributed by atoms with Gasteiger partial charge < -0.3 is 20.3 Å². The number of halogens is 1. The first-order valence-corrected chi connectivity index (χ1v) is 10.2. The molecule has 1 saturated carbocycles. The molecule has 2 N–H and O–H groups in total. The molecule has 0 aromatic heterocycles. The molecule has 1 aromatic carbocycles. The van der Waals surface area contributed by atoms with Gasteiger partial charge in [-0.25, -0.2) is 0 Å². The lowest BCUT2D eigenvalue weighted by molar-refractivity contribution is -0.119. The first kappa shape index (κ1) is 20.6. The number of nitrogens with one attached hydrogen (secondary N) is 2. The molecule has 3 aliphatic rings. The summed E-state index contributed by atoms with van der Waals surface area (Å²) in [6, 6.07) is 9.59. The van der Waals surface area contributed by atoms with Crippen molar-refractivity contribution in [2.75, 3.05) is 31.2 Å². The van der Waals surface area contributed by atoms with Gasteiger partial charge in [-0.15, -0.1) is 12.4 Å². The number of hydrogen-bond acceptors (Lipinski definition) is 4. The molecule has 0 radical (unpaired) electrons. The van der Waals surface area contributed by atoms with Crippen molar-refractivity contribution in [3.8, 4) is 0 Å². The summed E-state index contributed by atoms with van der Waals surface area (Å²) in [6.45, 7) is 4.42. The van der Waals surface area contributed by atoms with Gasteiger partial charge in [0.15, 0.2) is 0 Å². The number of rotatable bonds is 5. The molecule has 2 saturated heterocycles. The lowest BCUT2D eigenvalue weighted by Gasteiger charge is -2.33. The Morgan fingerprint density at radius 3 is 2.74 bits per heavy atom. The van der Waals surface area contributed by atoms with Crippen LogP contribution in [-0.2, 0) is 16.1 Å². The van der Waals surface area contributed by atoms with E-state index in [9.17, 15) is 4.79 Å². The second-order valence-electron chi connectivity index (χ2n) is 7.89. The Morgan fingerprint density at radius 1 is 1.15 bits per heavy atom. The Hall–Kier alpha value is -1.14. The zero-order valence-electron chi connectivity index (χ0n) is 16.0. The van der Waals surface area contributed by atoms with Crippen LogP contribution in [0.3, 0.4) is 0 Å². The fraction of sp³-hybridized carbons (Fsp3) is 0.667. The number of piperidine rings is 1. The minimum Gasteiger partial charge on any atom is -0.379 e. The number of carbonyl (C=O) groups is 1. The molecule has 0 bridgehead atoms. The van der Waals surface area contributed by atoms with E-state index < -0.39 is 0 Å². The Labute approximate surface area is 168 Å². The van der Waals surface area contributed by atoms with Crippen LogP contribution in [0, 0.1) is 5.92 Å². The summed E-state index contributed by atoms with van der Waals surface area (Å²) in [5.41, 5.74) is 2.33. The van der Waals surface area contributed by atoms with Gasteiger partial charge in [0, 0.05) is 43.8 Å². The molecule has 1 aliphatic carbocycles. The molecule has 150 valence electrons. The summed E-state index contributed by atoms with van der Waals surface area (Å²) < 4.78 is 5.66. The highest BCUT2D eigenvalue weighted by atomic mass is 35.5. The number of benzene rings is 1. The third kappa shape index (κ3) is 5.02. The van der Waals surface area contributed by atoms with Crippen LogP contribution in [0.25, 0.3) is 0 Å². The zero-order chi connectivity index (χ0) is 17.8. The Balaban J connectivity index is 0.00000210. The van der Waals surface area contributed by atoms with Crippen LogP contribution in [0.5, 0.6) is 0 Å². The van der Waals surface area contributed by atoms with Gasteiger partial charge in [0.05, 0.1) is 13.2 Å². The van der Waals surface area contributed by atoms with Crippen LogP contribution in [0.15, 0.2) is 24.3 Å². The second-order valence-corrected chi connectivity index (χ2v) is 7.89. The molecular weight excluding hydrogens is 362 g/mol. The lowest BCUT2D eigenvalue weighted by atomic mass is 9.94. The lowest BCUT2D eigenvalue weighted by Crippen LogP contribution is -2.50. The number of ether oxygens (including phenoxy) is 1. The molecule has 2 aliphatic heterocycles. The van der Waals surface area contributed by atoms with Crippen molar-refractivity contribution in [1.82, 2.24) is 10.6 Å². The van der Waals surface area contributed by atoms with Gasteiger partial charge in [0.2, 0.25) is 5.91 Å². The third-order valence-electron chi connectivity index (χ3n) is 6.18. The van der Waals surface area contributed by atoms with Gasteiger partial charge in [0.1, 0.15) is 0 Å². The summed E-state index contributed by atoms with van der Waals surface area (Å²) in [5.74, 6) is 0.929. The monoisotopic (exact) mass is 393 g/mol. The molecule has 3 atom stereocenters. The quantitative estimate of drug-likeness (QED) is 0.807. The minimum absolute atomic E-state index is 0. The number of hydrogen-bond donors (Lipinski definition) is 2. The first-order chi connectivity index (χ1) is 12.8. The third-order valence-corrected chi connectivity index (χ3v) is 6.18. The number of carbonyl (C=O) groups excluding carboxylic acids is 1. The molecule has 3 fully saturated rings. The van der Waals surface area contributed by atoms with Gasteiger partial charge in [-0.1, -0.05) is 18.6 Å². The van der Waals surface area contributed by atoms with Gasteiger partial charge >= 0.3 is 0 Å². The molecule has 2 heterocycles. The predicted octanol–water partition coefficient (Wildman–Crippen LogP) is 2.87. The predicted molar refractivity (Wildman–Crippen MR) is 110 cm³/mol. The molecule has 1 aromatic rings. The largest absolute Gasteiger partial charge is 0.379 e. The van der Waals surface area contributed by atoms with E-state index >= 15 is 0 Å². The molecule has 6 heteroatoms. The Bertz CT molecular complexity index is 604. The zero-order valence-corrected chi connectivity index (χ0v) is 16.8. The topological polar surface area (TPSA) is 53.6 Å². The summed E-state index contributed by atoms with van der Waals surface area (Å²) >= 11 is 0. The molecule has 4 rings (SSSR count). The van der Waals surface area contributed by atoms with Crippen molar-refractivity contribution >= 4 is 24.0 Å². The van der Waals surface area contributed by atoms with E-state index in [2.05, 4.69) is 34.9 Å². The number of amides is 1. The maximum absolute atomic E-state index is 12.1. The summed E-state index contributed by atoms with van der Waals surface area (Å²) in [5, 5.41) is 7.41.